The summed E-state index contributed by atoms with van der Waals surface area (Å²) >= 11 is 2.88. The molecular formula is C13H14N4O2S2. The maximum atomic E-state index is 10.8. The third kappa shape index (κ3) is 2.68. The van der Waals surface area contributed by atoms with Crippen LogP contribution >= 0.6 is 23.1 Å². The van der Waals surface area contributed by atoms with Gasteiger partial charge in [0, 0.05) is 7.05 Å². The van der Waals surface area contributed by atoms with E-state index >= 15 is 0 Å². The van der Waals surface area contributed by atoms with Gasteiger partial charge in [-0.1, -0.05) is 11.8 Å². The number of aromatic nitrogens is 4. The molecule has 0 aliphatic carbocycles. The SMILES string of the molecule is Cc1nn(C)c2c1nc(SCC(=O)O)n2Cc1ccsc1. The van der Waals surface area contributed by atoms with Crippen molar-refractivity contribution in [1.82, 2.24) is 19.3 Å². The quantitative estimate of drug-likeness (QED) is 0.730. The van der Waals surface area contributed by atoms with Gasteiger partial charge < -0.3 is 5.11 Å². The second-order valence-corrected chi connectivity index (χ2v) is 6.40. The molecule has 3 aromatic heterocycles. The van der Waals surface area contributed by atoms with Crippen LogP contribution in [-0.4, -0.2) is 36.2 Å². The summed E-state index contributed by atoms with van der Waals surface area (Å²) in [5.41, 5.74) is 3.79. The molecule has 0 amide bonds. The van der Waals surface area contributed by atoms with Gasteiger partial charge in [0.05, 0.1) is 18.0 Å². The molecule has 3 heterocycles. The summed E-state index contributed by atoms with van der Waals surface area (Å²) in [4.78, 5) is 15.4. The first-order chi connectivity index (χ1) is 10.1. The molecule has 0 aliphatic heterocycles. The molecule has 6 nitrogen and oxygen atoms in total. The number of aryl methyl sites for hydroxylation is 2. The van der Waals surface area contributed by atoms with E-state index in [4.69, 9.17) is 5.11 Å². The molecule has 0 unspecified atom stereocenters. The van der Waals surface area contributed by atoms with Crippen LogP contribution in [-0.2, 0) is 18.4 Å². The second-order valence-electron chi connectivity index (χ2n) is 4.68. The third-order valence-electron chi connectivity index (χ3n) is 3.10. The topological polar surface area (TPSA) is 72.9 Å². The number of rotatable bonds is 5. The van der Waals surface area contributed by atoms with Crippen molar-refractivity contribution in [2.45, 2.75) is 18.6 Å². The molecule has 0 saturated heterocycles. The predicted molar refractivity (Wildman–Crippen MR) is 83.0 cm³/mol. The monoisotopic (exact) mass is 322 g/mol. The largest absolute Gasteiger partial charge is 0.481 e. The number of aliphatic carboxylic acids is 1. The number of carboxylic acid groups (broad SMARTS) is 1. The summed E-state index contributed by atoms with van der Waals surface area (Å²) in [5.74, 6) is -0.844. The minimum atomic E-state index is -0.844. The molecule has 3 aromatic rings. The highest BCUT2D eigenvalue weighted by atomic mass is 32.2. The molecule has 1 N–H and O–H groups in total. The molecule has 0 atom stereocenters. The van der Waals surface area contributed by atoms with E-state index in [0.29, 0.717) is 6.54 Å². The third-order valence-corrected chi connectivity index (χ3v) is 4.79. The van der Waals surface area contributed by atoms with E-state index in [1.54, 1.807) is 16.0 Å². The van der Waals surface area contributed by atoms with Gasteiger partial charge in [0.25, 0.3) is 0 Å². The zero-order chi connectivity index (χ0) is 15.0. The van der Waals surface area contributed by atoms with Crippen molar-refractivity contribution in [2.75, 3.05) is 5.75 Å². The van der Waals surface area contributed by atoms with Gasteiger partial charge in [-0.05, 0) is 29.3 Å². The number of carboxylic acids is 1. The van der Waals surface area contributed by atoms with Gasteiger partial charge in [0.1, 0.15) is 5.52 Å². The van der Waals surface area contributed by atoms with E-state index in [1.165, 1.54) is 17.3 Å². The van der Waals surface area contributed by atoms with Crippen molar-refractivity contribution in [3.05, 3.63) is 28.1 Å². The number of thiophene rings is 1. The molecular weight excluding hydrogens is 308 g/mol. The molecule has 0 bridgehead atoms. The number of carbonyl (C=O) groups is 1. The molecule has 0 spiro atoms. The van der Waals surface area contributed by atoms with Crippen LogP contribution < -0.4 is 0 Å². The van der Waals surface area contributed by atoms with Crippen LogP contribution in [0, 0.1) is 6.92 Å². The van der Waals surface area contributed by atoms with Crippen molar-refractivity contribution in [2.24, 2.45) is 7.05 Å². The van der Waals surface area contributed by atoms with E-state index in [2.05, 4.69) is 21.5 Å². The summed E-state index contributed by atoms with van der Waals surface area (Å²) < 4.78 is 3.83. The molecule has 0 fully saturated rings. The van der Waals surface area contributed by atoms with Crippen molar-refractivity contribution < 1.29 is 9.90 Å². The zero-order valence-corrected chi connectivity index (χ0v) is 13.2. The lowest BCUT2D eigenvalue weighted by Gasteiger charge is -2.07. The maximum absolute atomic E-state index is 10.8. The molecule has 0 radical (unpaired) electrons. The molecule has 21 heavy (non-hydrogen) atoms. The Kier molecular flexibility index (Phi) is 3.73. The Morgan fingerprint density at radius 3 is 3.00 bits per heavy atom. The first-order valence-corrected chi connectivity index (χ1v) is 8.24. The smallest absolute Gasteiger partial charge is 0.313 e. The van der Waals surface area contributed by atoms with Crippen molar-refractivity contribution in [3.8, 4) is 0 Å². The highest BCUT2D eigenvalue weighted by Gasteiger charge is 2.18. The van der Waals surface area contributed by atoms with Crippen LogP contribution in [0.25, 0.3) is 11.2 Å². The van der Waals surface area contributed by atoms with Gasteiger partial charge in [0.2, 0.25) is 0 Å². The highest BCUT2D eigenvalue weighted by molar-refractivity contribution is 7.99. The fraction of sp³-hybridized carbons (Fsp3) is 0.308. The molecule has 110 valence electrons. The Bertz CT molecular complexity index is 789. The standard InChI is InChI=1S/C13H14N4O2S2/c1-8-11-12(16(2)15-8)17(5-9-3-4-20-6-9)13(14-11)21-7-10(18)19/h3-4,6H,5,7H2,1-2H3,(H,18,19). The number of hydrogen-bond acceptors (Lipinski definition) is 5. The van der Waals surface area contributed by atoms with Gasteiger partial charge in [-0.3, -0.25) is 14.0 Å². The minimum Gasteiger partial charge on any atom is -0.481 e. The van der Waals surface area contributed by atoms with Crippen LogP contribution in [0.1, 0.15) is 11.3 Å². The van der Waals surface area contributed by atoms with E-state index < -0.39 is 5.97 Å². The molecule has 0 aliphatic rings. The van der Waals surface area contributed by atoms with Crippen LogP contribution in [0.15, 0.2) is 22.0 Å². The fourth-order valence-corrected chi connectivity index (χ4v) is 3.63. The normalized spacial score (nSPS) is 11.3. The Morgan fingerprint density at radius 2 is 2.33 bits per heavy atom. The van der Waals surface area contributed by atoms with E-state index in [0.717, 1.165) is 22.0 Å². The average molecular weight is 322 g/mol. The van der Waals surface area contributed by atoms with E-state index in [1.807, 2.05) is 23.9 Å². The Hall–Kier alpha value is -1.80. The van der Waals surface area contributed by atoms with Gasteiger partial charge in [-0.25, -0.2) is 4.98 Å². The molecule has 0 saturated carbocycles. The Morgan fingerprint density at radius 1 is 1.52 bits per heavy atom. The van der Waals surface area contributed by atoms with Crippen LogP contribution in [0.4, 0.5) is 0 Å². The number of thioether (sulfide) groups is 1. The zero-order valence-electron chi connectivity index (χ0n) is 11.6. The van der Waals surface area contributed by atoms with Crippen molar-refractivity contribution >= 4 is 40.2 Å². The predicted octanol–water partition coefficient (Wildman–Crippen LogP) is 2.36. The minimum absolute atomic E-state index is 0.000561. The lowest BCUT2D eigenvalue weighted by molar-refractivity contribution is -0.133. The van der Waals surface area contributed by atoms with E-state index in [-0.39, 0.29) is 5.75 Å². The highest BCUT2D eigenvalue weighted by Crippen LogP contribution is 2.27. The van der Waals surface area contributed by atoms with Crippen molar-refractivity contribution in [3.63, 3.8) is 0 Å². The Balaban J connectivity index is 2.07. The van der Waals surface area contributed by atoms with Crippen molar-refractivity contribution in [1.29, 1.82) is 0 Å². The Labute approximate surface area is 129 Å². The summed E-state index contributed by atoms with van der Waals surface area (Å²) in [6.45, 7) is 2.58. The summed E-state index contributed by atoms with van der Waals surface area (Å²) in [7, 11) is 1.88. The number of nitrogens with zero attached hydrogens (tertiary/aromatic N) is 4. The number of imidazole rings is 1. The summed E-state index contributed by atoms with van der Waals surface area (Å²) in [6, 6.07) is 2.06. The number of hydrogen-bond donors (Lipinski definition) is 1. The molecule has 8 heteroatoms. The van der Waals surface area contributed by atoms with Crippen LogP contribution in [0.2, 0.25) is 0 Å². The average Bonchev–Trinajstić information content (AvgIpc) is 3.09. The van der Waals surface area contributed by atoms with Crippen LogP contribution in [0.5, 0.6) is 0 Å². The first-order valence-electron chi connectivity index (χ1n) is 6.31. The lowest BCUT2D eigenvalue weighted by Crippen LogP contribution is -2.07. The first kappa shape index (κ1) is 14.2. The number of fused-ring (bicyclic) bond motifs is 1. The van der Waals surface area contributed by atoms with Crippen LogP contribution in [0.3, 0.4) is 0 Å². The molecule has 3 rings (SSSR count). The second kappa shape index (κ2) is 5.53. The van der Waals surface area contributed by atoms with E-state index in [9.17, 15) is 4.79 Å². The maximum Gasteiger partial charge on any atom is 0.313 e. The summed E-state index contributed by atoms with van der Waals surface area (Å²) in [5, 5.41) is 18.1. The lowest BCUT2D eigenvalue weighted by atomic mass is 10.3. The van der Waals surface area contributed by atoms with Gasteiger partial charge in [0.15, 0.2) is 10.8 Å². The summed E-state index contributed by atoms with van der Waals surface area (Å²) in [6.07, 6.45) is 0. The fourth-order valence-electron chi connectivity index (χ4n) is 2.26. The van der Waals surface area contributed by atoms with Gasteiger partial charge in [-0.2, -0.15) is 16.4 Å². The van der Waals surface area contributed by atoms with Gasteiger partial charge in [-0.15, -0.1) is 0 Å². The molecule has 0 aromatic carbocycles. The van der Waals surface area contributed by atoms with Gasteiger partial charge >= 0.3 is 5.97 Å².